The number of hydrogen-bond acceptors (Lipinski definition) is 6. The third kappa shape index (κ3) is 5.47. The first kappa shape index (κ1) is 22.2. The molecule has 0 saturated heterocycles. The Morgan fingerprint density at radius 1 is 1.03 bits per heavy atom. The van der Waals surface area contributed by atoms with Crippen LogP contribution in [0.2, 0.25) is 0 Å². The number of aromatic nitrogens is 4. The Labute approximate surface area is 171 Å². The van der Waals surface area contributed by atoms with Crippen molar-refractivity contribution in [1.82, 2.24) is 19.6 Å². The number of unbranched alkanes of at least 4 members (excludes halogenated alkanes) is 1. The second kappa shape index (κ2) is 10.5. The molecular formula is C21H28N4O4. The molecule has 0 fully saturated rings. The van der Waals surface area contributed by atoms with Crippen LogP contribution >= 0.6 is 0 Å². The van der Waals surface area contributed by atoms with Crippen LogP contribution in [-0.4, -0.2) is 44.7 Å². The zero-order valence-electron chi connectivity index (χ0n) is 17.7. The molecule has 0 radical (unpaired) electrons. The standard InChI is InChI=1S/C21H28N4O4/c1-6-24-19(21(27)29-8-3)17(16(5)23-24)12-10-9-11-13-25-18(14-15(4)22-25)20(26)28-7-2/h14H,6-9,11,13H2,1-5H3. The van der Waals surface area contributed by atoms with Gasteiger partial charge < -0.3 is 9.47 Å². The molecule has 0 atom stereocenters. The Balaban J connectivity index is 2.08. The van der Waals surface area contributed by atoms with Gasteiger partial charge in [-0.25, -0.2) is 9.59 Å². The monoisotopic (exact) mass is 400 g/mol. The van der Waals surface area contributed by atoms with Crippen LogP contribution in [0.4, 0.5) is 0 Å². The van der Waals surface area contributed by atoms with E-state index in [1.54, 1.807) is 29.3 Å². The van der Waals surface area contributed by atoms with Gasteiger partial charge in [0.2, 0.25) is 0 Å². The summed E-state index contributed by atoms with van der Waals surface area (Å²) in [7, 11) is 0. The summed E-state index contributed by atoms with van der Waals surface area (Å²) in [4.78, 5) is 24.3. The van der Waals surface area contributed by atoms with Crippen LogP contribution in [0.15, 0.2) is 6.07 Å². The van der Waals surface area contributed by atoms with Crippen LogP contribution in [0.3, 0.4) is 0 Å². The van der Waals surface area contributed by atoms with E-state index in [1.807, 2.05) is 20.8 Å². The van der Waals surface area contributed by atoms with Crippen LogP contribution < -0.4 is 0 Å². The highest BCUT2D eigenvalue weighted by molar-refractivity contribution is 5.91. The predicted octanol–water partition coefficient (Wildman–Crippen LogP) is 2.90. The minimum absolute atomic E-state index is 0.297. The molecule has 29 heavy (non-hydrogen) atoms. The van der Waals surface area contributed by atoms with E-state index in [2.05, 4.69) is 22.0 Å². The smallest absolute Gasteiger partial charge is 0.357 e. The molecule has 2 rings (SSSR count). The van der Waals surface area contributed by atoms with Crippen molar-refractivity contribution in [1.29, 1.82) is 0 Å². The number of ether oxygens (including phenoxy) is 2. The minimum atomic E-state index is -0.412. The number of rotatable bonds is 8. The molecule has 0 aliphatic rings. The van der Waals surface area contributed by atoms with Gasteiger partial charge in [0.1, 0.15) is 5.69 Å². The normalized spacial score (nSPS) is 10.4. The molecule has 2 aromatic heterocycles. The fraction of sp³-hybridized carbons (Fsp3) is 0.524. The van der Waals surface area contributed by atoms with Crippen LogP contribution in [0.5, 0.6) is 0 Å². The van der Waals surface area contributed by atoms with E-state index in [-0.39, 0.29) is 5.97 Å². The summed E-state index contributed by atoms with van der Waals surface area (Å²) in [6.45, 7) is 10.9. The molecule has 0 saturated carbocycles. The summed E-state index contributed by atoms with van der Waals surface area (Å²) in [5, 5.41) is 8.73. The lowest BCUT2D eigenvalue weighted by atomic mass is 10.1. The molecule has 0 spiro atoms. The maximum atomic E-state index is 12.3. The number of nitrogens with zero attached hydrogens (tertiary/aromatic N) is 4. The lowest BCUT2D eigenvalue weighted by molar-refractivity contribution is 0.0502. The van der Waals surface area contributed by atoms with Crippen molar-refractivity contribution in [3.8, 4) is 11.8 Å². The van der Waals surface area contributed by atoms with Gasteiger partial charge in [-0.2, -0.15) is 10.2 Å². The number of hydrogen-bond donors (Lipinski definition) is 0. The highest BCUT2D eigenvalue weighted by Crippen LogP contribution is 2.15. The third-order valence-electron chi connectivity index (χ3n) is 4.17. The van der Waals surface area contributed by atoms with Gasteiger partial charge in [-0.05, 0) is 47.1 Å². The van der Waals surface area contributed by atoms with Gasteiger partial charge in [0.05, 0.1) is 30.2 Å². The van der Waals surface area contributed by atoms with Crippen molar-refractivity contribution in [3.63, 3.8) is 0 Å². The van der Waals surface area contributed by atoms with Gasteiger partial charge in [0.25, 0.3) is 0 Å². The van der Waals surface area contributed by atoms with E-state index in [1.165, 1.54) is 0 Å². The molecule has 8 heteroatoms. The molecule has 0 bridgehead atoms. The van der Waals surface area contributed by atoms with E-state index in [4.69, 9.17) is 9.47 Å². The van der Waals surface area contributed by atoms with Gasteiger partial charge in [-0.15, -0.1) is 0 Å². The van der Waals surface area contributed by atoms with Crippen molar-refractivity contribution in [2.75, 3.05) is 13.2 Å². The summed E-state index contributed by atoms with van der Waals surface area (Å²) >= 11 is 0. The average Bonchev–Trinajstić information content (AvgIpc) is 3.21. The largest absolute Gasteiger partial charge is 0.461 e. The van der Waals surface area contributed by atoms with E-state index < -0.39 is 5.97 Å². The Morgan fingerprint density at radius 2 is 1.72 bits per heavy atom. The molecule has 8 nitrogen and oxygen atoms in total. The van der Waals surface area contributed by atoms with E-state index in [0.717, 1.165) is 5.69 Å². The number of esters is 2. The first-order valence-corrected chi connectivity index (χ1v) is 9.87. The molecule has 0 aromatic carbocycles. The highest BCUT2D eigenvalue weighted by atomic mass is 16.5. The molecule has 0 unspecified atom stereocenters. The van der Waals surface area contributed by atoms with Crippen LogP contribution in [0.1, 0.15) is 71.5 Å². The Hall–Kier alpha value is -3.08. The Bertz CT molecular complexity index is 931. The molecule has 0 N–H and O–H groups in total. The molecule has 0 aliphatic heterocycles. The highest BCUT2D eigenvalue weighted by Gasteiger charge is 2.21. The van der Waals surface area contributed by atoms with Gasteiger partial charge in [-0.1, -0.05) is 11.8 Å². The van der Waals surface area contributed by atoms with Crippen molar-refractivity contribution in [3.05, 3.63) is 34.4 Å². The number of carbonyl (C=O) groups is 2. The van der Waals surface area contributed by atoms with E-state index in [9.17, 15) is 9.59 Å². The molecule has 0 amide bonds. The predicted molar refractivity (Wildman–Crippen MR) is 108 cm³/mol. The maximum absolute atomic E-state index is 12.3. The van der Waals surface area contributed by atoms with Crippen LogP contribution in [0, 0.1) is 25.7 Å². The van der Waals surface area contributed by atoms with E-state index in [0.29, 0.717) is 61.8 Å². The lowest BCUT2D eigenvalue weighted by Crippen LogP contribution is -2.14. The van der Waals surface area contributed by atoms with Gasteiger partial charge >= 0.3 is 11.9 Å². The Kier molecular flexibility index (Phi) is 8.01. The minimum Gasteiger partial charge on any atom is -0.461 e. The van der Waals surface area contributed by atoms with Gasteiger partial charge in [0, 0.05) is 19.5 Å². The number of carbonyl (C=O) groups excluding carboxylic acids is 2. The first-order chi connectivity index (χ1) is 13.9. The summed E-state index contributed by atoms with van der Waals surface area (Å²) in [6.07, 6.45) is 1.29. The molecule has 2 heterocycles. The molecule has 0 aliphatic carbocycles. The lowest BCUT2D eigenvalue weighted by Gasteiger charge is -2.05. The van der Waals surface area contributed by atoms with E-state index >= 15 is 0 Å². The number of aryl methyl sites for hydroxylation is 4. The third-order valence-corrected chi connectivity index (χ3v) is 4.17. The summed E-state index contributed by atoms with van der Waals surface area (Å²) in [5.41, 5.74) is 2.91. The van der Waals surface area contributed by atoms with Crippen molar-refractivity contribution >= 4 is 11.9 Å². The fourth-order valence-electron chi connectivity index (χ4n) is 2.92. The van der Waals surface area contributed by atoms with Crippen molar-refractivity contribution in [2.45, 2.75) is 60.5 Å². The van der Waals surface area contributed by atoms with Gasteiger partial charge in [0.15, 0.2) is 5.69 Å². The summed E-state index contributed by atoms with van der Waals surface area (Å²) in [6, 6.07) is 1.72. The quantitative estimate of drug-likeness (QED) is 0.385. The first-order valence-electron chi connectivity index (χ1n) is 9.87. The average molecular weight is 400 g/mol. The molecular weight excluding hydrogens is 372 g/mol. The molecule has 156 valence electrons. The van der Waals surface area contributed by atoms with Gasteiger partial charge in [-0.3, -0.25) is 9.36 Å². The van der Waals surface area contributed by atoms with Crippen molar-refractivity contribution < 1.29 is 19.1 Å². The summed E-state index contributed by atoms with van der Waals surface area (Å²) < 4.78 is 13.5. The second-order valence-corrected chi connectivity index (χ2v) is 6.37. The topological polar surface area (TPSA) is 88.2 Å². The Morgan fingerprint density at radius 3 is 2.38 bits per heavy atom. The van der Waals surface area contributed by atoms with Crippen LogP contribution in [0.25, 0.3) is 0 Å². The van der Waals surface area contributed by atoms with Crippen LogP contribution in [-0.2, 0) is 22.6 Å². The zero-order chi connectivity index (χ0) is 21.4. The zero-order valence-corrected chi connectivity index (χ0v) is 17.7. The fourth-order valence-corrected chi connectivity index (χ4v) is 2.92. The SMILES string of the molecule is CCOC(=O)c1cc(C)nn1CCCC#Cc1c(C)nn(CC)c1C(=O)OCC. The summed E-state index contributed by atoms with van der Waals surface area (Å²) in [5.74, 6) is 5.38. The molecule has 2 aromatic rings. The second-order valence-electron chi connectivity index (χ2n) is 6.37. The van der Waals surface area contributed by atoms with Crippen molar-refractivity contribution in [2.24, 2.45) is 0 Å². The maximum Gasteiger partial charge on any atom is 0.357 e.